The van der Waals surface area contributed by atoms with E-state index in [1.807, 2.05) is 30.3 Å². The molecule has 2 aromatic heterocycles. The van der Waals surface area contributed by atoms with Crippen molar-refractivity contribution in [3.63, 3.8) is 0 Å². The largest absolute Gasteiger partial charge is 0.481 e. The number of halogens is 1. The van der Waals surface area contributed by atoms with E-state index in [1.165, 1.54) is 12.1 Å². The van der Waals surface area contributed by atoms with E-state index in [9.17, 15) is 9.18 Å². The van der Waals surface area contributed by atoms with Gasteiger partial charge in [0.05, 0.1) is 10.2 Å². The highest BCUT2D eigenvalue weighted by Gasteiger charge is 2.09. The zero-order valence-corrected chi connectivity index (χ0v) is 14.9. The fraction of sp³-hybridized carbons (Fsp3) is 0.0500. The van der Waals surface area contributed by atoms with Gasteiger partial charge in [0.1, 0.15) is 10.8 Å². The molecule has 0 spiro atoms. The van der Waals surface area contributed by atoms with Gasteiger partial charge in [0.15, 0.2) is 18.2 Å². The third-order valence-corrected chi connectivity index (χ3v) is 4.85. The van der Waals surface area contributed by atoms with Crippen molar-refractivity contribution in [3.8, 4) is 16.3 Å². The molecule has 0 aliphatic carbocycles. The number of hydrogen-bond acceptors (Lipinski definition) is 5. The number of benzene rings is 2. The number of nitrogens with zero attached hydrogens (tertiary/aromatic N) is 2. The summed E-state index contributed by atoms with van der Waals surface area (Å²) in [5.74, 6) is -0.504. The van der Waals surface area contributed by atoms with Crippen LogP contribution in [-0.4, -0.2) is 22.5 Å². The third-order valence-electron chi connectivity index (χ3n) is 3.77. The number of pyridine rings is 1. The summed E-state index contributed by atoms with van der Waals surface area (Å²) >= 11 is 1.58. The molecule has 0 atom stereocenters. The Morgan fingerprint density at radius 2 is 1.89 bits per heavy atom. The minimum absolute atomic E-state index is 0.0341. The van der Waals surface area contributed by atoms with E-state index in [0.717, 1.165) is 20.8 Å². The summed E-state index contributed by atoms with van der Waals surface area (Å²) < 4.78 is 19.8. The first kappa shape index (κ1) is 17.1. The lowest BCUT2D eigenvalue weighted by Gasteiger charge is -2.07. The van der Waals surface area contributed by atoms with Crippen LogP contribution in [0.4, 0.5) is 10.2 Å². The Labute approximate surface area is 158 Å². The van der Waals surface area contributed by atoms with Gasteiger partial charge in [-0.1, -0.05) is 24.3 Å². The first-order chi connectivity index (χ1) is 13.2. The highest BCUT2D eigenvalue weighted by atomic mass is 32.1. The van der Waals surface area contributed by atoms with Crippen LogP contribution in [0.25, 0.3) is 20.8 Å². The molecule has 4 rings (SSSR count). The molecule has 2 heterocycles. The van der Waals surface area contributed by atoms with Gasteiger partial charge in [-0.25, -0.2) is 14.4 Å². The highest BCUT2D eigenvalue weighted by Crippen LogP contribution is 2.29. The van der Waals surface area contributed by atoms with E-state index in [-0.39, 0.29) is 12.4 Å². The predicted molar refractivity (Wildman–Crippen MR) is 103 cm³/mol. The molecule has 5 nitrogen and oxygen atoms in total. The maximum atomic E-state index is 13.5. The van der Waals surface area contributed by atoms with Crippen molar-refractivity contribution in [3.05, 3.63) is 72.7 Å². The summed E-state index contributed by atoms with van der Waals surface area (Å²) in [5, 5.41) is 3.49. The van der Waals surface area contributed by atoms with E-state index in [2.05, 4.69) is 15.3 Å². The Morgan fingerprint density at radius 3 is 2.67 bits per heavy atom. The van der Waals surface area contributed by atoms with Crippen LogP contribution in [0.2, 0.25) is 0 Å². The van der Waals surface area contributed by atoms with Gasteiger partial charge in [0.2, 0.25) is 0 Å². The van der Waals surface area contributed by atoms with E-state index >= 15 is 0 Å². The third kappa shape index (κ3) is 3.93. The topological polar surface area (TPSA) is 64.1 Å². The summed E-state index contributed by atoms with van der Waals surface area (Å²) in [5.41, 5.74) is 1.82. The number of amides is 1. The average molecular weight is 379 g/mol. The van der Waals surface area contributed by atoms with Gasteiger partial charge < -0.3 is 10.1 Å². The van der Waals surface area contributed by atoms with Crippen LogP contribution >= 0.6 is 11.3 Å². The van der Waals surface area contributed by atoms with E-state index in [1.54, 1.807) is 35.7 Å². The molecule has 0 aliphatic rings. The number of anilines is 1. The first-order valence-electron chi connectivity index (χ1n) is 8.18. The lowest BCUT2D eigenvalue weighted by molar-refractivity contribution is -0.118. The molecular formula is C20H14FN3O2S. The molecule has 0 bridgehead atoms. The average Bonchev–Trinajstić information content (AvgIpc) is 3.12. The van der Waals surface area contributed by atoms with Gasteiger partial charge in [-0.2, -0.15) is 0 Å². The molecule has 0 aliphatic heterocycles. The number of nitrogens with one attached hydrogen (secondary N) is 1. The minimum Gasteiger partial charge on any atom is -0.481 e. The number of rotatable bonds is 5. The van der Waals surface area contributed by atoms with E-state index < -0.39 is 11.7 Å². The molecule has 0 fully saturated rings. The van der Waals surface area contributed by atoms with Gasteiger partial charge in [0.25, 0.3) is 5.91 Å². The fourth-order valence-corrected chi connectivity index (χ4v) is 3.43. The zero-order valence-electron chi connectivity index (χ0n) is 14.1. The molecule has 0 radical (unpaired) electrons. The molecule has 7 heteroatoms. The highest BCUT2D eigenvalue weighted by molar-refractivity contribution is 7.21. The molecule has 2 aromatic carbocycles. The molecular weight excluding hydrogens is 365 g/mol. The fourth-order valence-electron chi connectivity index (χ4n) is 2.47. The van der Waals surface area contributed by atoms with Gasteiger partial charge in [0, 0.05) is 11.8 Å². The SMILES string of the molecule is O=C(COc1ccccc1F)Nc1ccc(-c2nc3ccccc3s2)cn1. The van der Waals surface area contributed by atoms with Crippen molar-refractivity contribution < 1.29 is 13.9 Å². The van der Waals surface area contributed by atoms with Gasteiger partial charge in [-0.15, -0.1) is 11.3 Å². The Balaban J connectivity index is 1.40. The van der Waals surface area contributed by atoms with Crippen molar-refractivity contribution in [2.24, 2.45) is 0 Å². The number of carbonyl (C=O) groups excluding carboxylic acids is 1. The van der Waals surface area contributed by atoms with Gasteiger partial charge in [-0.05, 0) is 36.4 Å². The smallest absolute Gasteiger partial charge is 0.263 e. The number of ether oxygens (including phenoxy) is 1. The molecule has 134 valence electrons. The van der Waals surface area contributed by atoms with Crippen LogP contribution in [0.3, 0.4) is 0 Å². The number of aromatic nitrogens is 2. The number of carbonyl (C=O) groups is 1. The summed E-state index contributed by atoms with van der Waals surface area (Å²) in [6.07, 6.45) is 1.66. The lowest BCUT2D eigenvalue weighted by Crippen LogP contribution is -2.21. The van der Waals surface area contributed by atoms with Gasteiger partial charge >= 0.3 is 0 Å². The van der Waals surface area contributed by atoms with Crippen LogP contribution in [0.1, 0.15) is 0 Å². The van der Waals surface area contributed by atoms with Crippen LogP contribution in [-0.2, 0) is 4.79 Å². The Morgan fingerprint density at radius 1 is 1.07 bits per heavy atom. The summed E-state index contributed by atoms with van der Waals surface area (Å²) in [7, 11) is 0. The second-order valence-corrected chi connectivity index (χ2v) is 6.72. The zero-order chi connectivity index (χ0) is 18.6. The van der Waals surface area contributed by atoms with E-state index in [0.29, 0.717) is 5.82 Å². The van der Waals surface area contributed by atoms with Crippen molar-refractivity contribution >= 4 is 33.3 Å². The van der Waals surface area contributed by atoms with Crippen LogP contribution in [0.5, 0.6) is 5.75 Å². The van der Waals surface area contributed by atoms with Crippen molar-refractivity contribution in [1.29, 1.82) is 0 Å². The van der Waals surface area contributed by atoms with Crippen molar-refractivity contribution in [2.75, 3.05) is 11.9 Å². The normalized spacial score (nSPS) is 10.7. The second kappa shape index (κ2) is 7.51. The maximum Gasteiger partial charge on any atom is 0.263 e. The summed E-state index contributed by atoms with van der Waals surface area (Å²) in [6, 6.07) is 17.4. The van der Waals surface area contributed by atoms with Crippen molar-refractivity contribution in [2.45, 2.75) is 0 Å². The van der Waals surface area contributed by atoms with Gasteiger partial charge in [-0.3, -0.25) is 4.79 Å². The second-order valence-electron chi connectivity index (χ2n) is 5.69. The minimum atomic E-state index is -0.511. The van der Waals surface area contributed by atoms with Crippen LogP contribution in [0, 0.1) is 5.82 Å². The molecule has 1 amide bonds. The summed E-state index contributed by atoms with van der Waals surface area (Å²) in [6.45, 7) is -0.303. The van der Waals surface area contributed by atoms with Crippen LogP contribution < -0.4 is 10.1 Å². The molecule has 27 heavy (non-hydrogen) atoms. The number of fused-ring (bicyclic) bond motifs is 1. The maximum absolute atomic E-state index is 13.5. The first-order valence-corrected chi connectivity index (χ1v) is 9.00. The molecule has 0 saturated carbocycles. The number of thiazole rings is 1. The lowest BCUT2D eigenvalue weighted by atomic mass is 10.3. The molecule has 0 unspecified atom stereocenters. The Kier molecular flexibility index (Phi) is 4.76. The molecule has 0 saturated heterocycles. The number of para-hydroxylation sites is 2. The quantitative estimate of drug-likeness (QED) is 0.554. The Bertz CT molecular complexity index is 1060. The standard InChI is InChI=1S/C20H14FN3O2S/c21-14-5-1-3-7-16(14)26-12-19(25)24-18-10-9-13(11-22-18)20-23-15-6-2-4-8-17(15)27-20/h1-11H,12H2,(H,22,24,25). The molecule has 4 aromatic rings. The van der Waals surface area contributed by atoms with Crippen molar-refractivity contribution in [1.82, 2.24) is 9.97 Å². The monoisotopic (exact) mass is 379 g/mol. The molecule has 1 N–H and O–H groups in total. The van der Waals surface area contributed by atoms with E-state index in [4.69, 9.17) is 4.74 Å². The predicted octanol–water partition coefficient (Wildman–Crippen LogP) is 4.51. The summed E-state index contributed by atoms with van der Waals surface area (Å²) in [4.78, 5) is 20.8. The number of hydrogen-bond donors (Lipinski definition) is 1. The van der Waals surface area contributed by atoms with Crippen LogP contribution in [0.15, 0.2) is 66.9 Å². The Hall–Kier alpha value is -3.32.